The fraction of sp³-hybridized carbons (Fsp3) is 0.409. The van der Waals surface area contributed by atoms with Gasteiger partial charge in [0.05, 0.1) is 6.04 Å². The first-order valence-electron chi connectivity index (χ1n) is 9.65. The fourth-order valence-corrected chi connectivity index (χ4v) is 5.45. The number of para-hydroxylation sites is 1. The Balaban J connectivity index is 1.62. The Labute approximate surface area is 159 Å². The van der Waals surface area contributed by atoms with Gasteiger partial charge in [-0.25, -0.2) is 4.79 Å². The van der Waals surface area contributed by atoms with Gasteiger partial charge in [0.2, 0.25) is 0 Å². The number of aromatic hydroxyl groups is 1. The maximum absolute atomic E-state index is 13.1. The van der Waals surface area contributed by atoms with Crippen molar-refractivity contribution in [1.82, 2.24) is 9.80 Å². The minimum atomic E-state index is -0.173. The standard InChI is InChI=1S/C22H25N3O2/c1-22-9-10-24(2)19(11-14-7-8-16(26)12-17(14)22)20(22)25-13-15-5-3-4-6-18(15)23-21(25)27/h3-8,12,19-20,26H,9-11,13H2,1-2H3,(H,23,27)/t19-,20+,22?/m1/s1. The Morgan fingerprint density at radius 2 is 2.00 bits per heavy atom. The van der Waals surface area contributed by atoms with Crippen LogP contribution in [0.3, 0.4) is 0 Å². The molecule has 3 aliphatic rings. The number of rotatable bonds is 1. The summed E-state index contributed by atoms with van der Waals surface area (Å²) in [6, 6.07) is 14.1. The van der Waals surface area contributed by atoms with E-state index in [1.54, 1.807) is 6.07 Å². The van der Waals surface area contributed by atoms with Crippen LogP contribution in [0.2, 0.25) is 0 Å². The lowest BCUT2D eigenvalue weighted by molar-refractivity contribution is 0.00765. The van der Waals surface area contributed by atoms with Gasteiger partial charge in [0, 0.05) is 23.7 Å². The first-order valence-corrected chi connectivity index (χ1v) is 9.65. The number of amides is 2. The lowest BCUT2D eigenvalue weighted by atomic mass is 9.61. The van der Waals surface area contributed by atoms with Crippen LogP contribution in [0.1, 0.15) is 30.0 Å². The molecule has 2 heterocycles. The number of likely N-dealkylation sites (N-methyl/N-ethyl adjacent to an activating group) is 1. The highest BCUT2D eigenvalue weighted by Gasteiger charge is 2.54. The summed E-state index contributed by atoms with van der Waals surface area (Å²) in [5, 5.41) is 13.2. The van der Waals surface area contributed by atoms with Crippen LogP contribution in [0.25, 0.3) is 0 Å². The topological polar surface area (TPSA) is 55.8 Å². The number of carbonyl (C=O) groups is 1. The summed E-state index contributed by atoms with van der Waals surface area (Å²) in [5.74, 6) is 0.305. The van der Waals surface area contributed by atoms with Crippen molar-refractivity contribution < 1.29 is 9.90 Å². The average Bonchev–Trinajstić information content (AvgIpc) is 2.65. The van der Waals surface area contributed by atoms with E-state index in [0.717, 1.165) is 30.6 Å². The number of likely N-dealkylation sites (tertiary alicyclic amines) is 1. The highest BCUT2D eigenvalue weighted by atomic mass is 16.3. The molecule has 2 aromatic carbocycles. The molecule has 1 aliphatic carbocycles. The Kier molecular flexibility index (Phi) is 3.53. The molecule has 5 nitrogen and oxygen atoms in total. The largest absolute Gasteiger partial charge is 0.508 e. The molecular weight excluding hydrogens is 338 g/mol. The van der Waals surface area contributed by atoms with Crippen molar-refractivity contribution in [2.24, 2.45) is 0 Å². The third-order valence-corrected chi connectivity index (χ3v) is 6.90. The second kappa shape index (κ2) is 5.73. The molecule has 2 amide bonds. The molecule has 0 saturated carbocycles. The molecule has 27 heavy (non-hydrogen) atoms. The second-order valence-electron chi connectivity index (χ2n) is 8.42. The van der Waals surface area contributed by atoms with E-state index in [4.69, 9.17) is 0 Å². The molecule has 5 rings (SSSR count). The highest BCUT2D eigenvalue weighted by Crippen LogP contribution is 2.48. The summed E-state index contributed by atoms with van der Waals surface area (Å²) >= 11 is 0. The van der Waals surface area contributed by atoms with Gasteiger partial charge in [-0.1, -0.05) is 31.2 Å². The van der Waals surface area contributed by atoms with Gasteiger partial charge in [0.15, 0.2) is 0 Å². The molecule has 0 spiro atoms. The molecule has 3 atom stereocenters. The molecule has 0 aromatic heterocycles. The average molecular weight is 363 g/mol. The molecule has 2 aromatic rings. The number of fused-ring (bicyclic) bond motifs is 5. The van der Waals surface area contributed by atoms with Gasteiger partial charge in [-0.15, -0.1) is 0 Å². The third-order valence-electron chi connectivity index (χ3n) is 6.90. The monoisotopic (exact) mass is 363 g/mol. The zero-order chi connectivity index (χ0) is 18.8. The first-order chi connectivity index (χ1) is 13.0. The molecule has 140 valence electrons. The van der Waals surface area contributed by atoms with Crippen molar-refractivity contribution in [2.45, 2.75) is 43.8 Å². The predicted molar refractivity (Wildman–Crippen MR) is 105 cm³/mol. The van der Waals surface area contributed by atoms with Crippen molar-refractivity contribution in [3.8, 4) is 5.75 Å². The lowest BCUT2D eigenvalue weighted by Gasteiger charge is -2.58. The van der Waals surface area contributed by atoms with E-state index in [0.29, 0.717) is 12.3 Å². The Morgan fingerprint density at radius 1 is 1.19 bits per heavy atom. The molecule has 1 fully saturated rings. The zero-order valence-corrected chi connectivity index (χ0v) is 15.8. The van der Waals surface area contributed by atoms with Crippen LogP contribution in [0.15, 0.2) is 42.5 Å². The molecule has 2 aliphatic heterocycles. The number of carbonyl (C=O) groups excluding carboxylic acids is 1. The molecule has 1 unspecified atom stereocenters. The second-order valence-corrected chi connectivity index (χ2v) is 8.42. The van der Waals surface area contributed by atoms with Crippen molar-refractivity contribution in [2.75, 3.05) is 18.9 Å². The summed E-state index contributed by atoms with van der Waals surface area (Å²) in [6.07, 6.45) is 1.87. The number of benzene rings is 2. The molecule has 0 radical (unpaired) electrons. The Morgan fingerprint density at radius 3 is 2.85 bits per heavy atom. The normalized spacial score (nSPS) is 29.7. The van der Waals surface area contributed by atoms with Crippen molar-refractivity contribution in [3.05, 3.63) is 59.2 Å². The summed E-state index contributed by atoms with van der Waals surface area (Å²) < 4.78 is 0. The molecule has 2 bridgehead atoms. The summed E-state index contributed by atoms with van der Waals surface area (Å²) in [5.41, 5.74) is 4.39. The van der Waals surface area contributed by atoms with E-state index in [2.05, 4.69) is 36.3 Å². The molecule has 5 heteroatoms. The van der Waals surface area contributed by atoms with Gasteiger partial charge in [-0.05, 0) is 61.3 Å². The van der Waals surface area contributed by atoms with Gasteiger partial charge in [0.25, 0.3) is 0 Å². The van der Waals surface area contributed by atoms with E-state index in [1.807, 2.05) is 29.2 Å². The third kappa shape index (κ3) is 2.38. The maximum atomic E-state index is 13.1. The van der Waals surface area contributed by atoms with Crippen molar-refractivity contribution >= 4 is 11.7 Å². The van der Waals surface area contributed by atoms with E-state index >= 15 is 0 Å². The number of phenols is 1. The first kappa shape index (κ1) is 16.6. The van der Waals surface area contributed by atoms with Gasteiger partial charge >= 0.3 is 6.03 Å². The number of phenolic OH excluding ortho intramolecular Hbond substituents is 1. The quantitative estimate of drug-likeness (QED) is 0.817. The molecule has 2 N–H and O–H groups in total. The summed E-state index contributed by atoms with van der Waals surface area (Å²) in [7, 11) is 2.17. The van der Waals surface area contributed by atoms with E-state index < -0.39 is 0 Å². The van der Waals surface area contributed by atoms with Crippen LogP contribution in [0.5, 0.6) is 5.75 Å². The highest BCUT2D eigenvalue weighted by molar-refractivity contribution is 5.92. The fourth-order valence-electron chi connectivity index (χ4n) is 5.45. The predicted octanol–water partition coefficient (Wildman–Crippen LogP) is 3.33. The van der Waals surface area contributed by atoms with Crippen LogP contribution < -0.4 is 5.32 Å². The van der Waals surface area contributed by atoms with E-state index in [9.17, 15) is 9.90 Å². The van der Waals surface area contributed by atoms with Crippen molar-refractivity contribution in [1.29, 1.82) is 0 Å². The SMILES string of the molecule is CN1CCC2(C)c3cc(O)ccc3C[C@@H]1[C@@H]2N1Cc2ccccc2NC1=O. The van der Waals surface area contributed by atoms with Gasteiger partial charge in [-0.2, -0.15) is 0 Å². The van der Waals surface area contributed by atoms with Crippen LogP contribution in [-0.4, -0.2) is 46.6 Å². The van der Waals surface area contributed by atoms with Gasteiger partial charge in [-0.3, -0.25) is 0 Å². The Hall–Kier alpha value is -2.53. The van der Waals surface area contributed by atoms with Crippen molar-refractivity contribution in [3.63, 3.8) is 0 Å². The van der Waals surface area contributed by atoms with Gasteiger partial charge < -0.3 is 20.2 Å². The van der Waals surface area contributed by atoms with Crippen LogP contribution in [0.4, 0.5) is 10.5 Å². The van der Waals surface area contributed by atoms with E-state index in [-0.39, 0.29) is 23.5 Å². The van der Waals surface area contributed by atoms with Crippen LogP contribution >= 0.6 is 0 Å². The van der Waals surface area contributed by atoms with Gasteiger partial charge in [0.1, 0.15) is 5.75 Å². The number of urea groups is 1. The Bertz CT molecular complexity index is 928. The summed E-state index contributed by atoms with van der Waals surface area (Å²) in [4.78, 5) is 17.5. The minimum absolute atomic E-state index is 0.0196. The number of nitrogens with one attached hydrogen (secondary N) is 1. The lowest BCUT2D eigenvalue weighted by Crippen LogP contribution is -2.68. The zero-order valence-electron chi connectivity index (χ0n) is 15.8. The number of hydrogen-bond donors (Lipinski definition) is 2. The summed E-state index contributed by atoms with van der Waals surface area (Å²) in [6.45, 7) is 3.89. The molecule has 1 saturated heterocycles. The minimum Gasteiger partial charge on any atom is -0.508 e. The van der Waals surface area contributed by atoms with E-state index in [1.165, 1.54) is 11.1 Å². The number of anilines is 1. The maximum Gasteiger partial charge on any atom is 0.322 e. The smallest absolute Gasteiger partial charge is 0.322 e. The molecular formula is C22H25N3O2. The van der Waals surface area contributed by atoms with Crippen LogP contribution in [0, 0.1) is 0 Å². The number of nitrogens with zero attached hydrogens (tertiary/aromatic N) is 2. The number of piperidine rings is 1. The number of hydrogen-bond acceptors (Lipinski definition) is 3. The van der Waals surface area contributed by atoms with Crippen LogP contribution in [-0.2, 0) is 18.4 Å².